The second-order valence-electron chi connectivity index (χ2n) is 7.06. The maximum atomic E-state index is 12.7. The number of H-pyrrole nitrogens is 1. The van der Waals surface area contributed by atoms with E-state index >= 15 is 0 Å². The average Bonchev–Trinajstić information content (AvgIpc) is 2.94. The number of amides is 1. The van der Waals surface area contributed by atoms with Crippen molar-refractivity contribution in [1.82, 2.24) is 15.1 Å². The Morgan fingerprint density at radius 3 is 2.88 bits per heavy atom. The van der Waals surface area contributed by atoms with Crippen LogP contribution in [0.4, 0.5) is 0 Å². The molecule has 1 unspecified atom stereocenters. The molecule has 0 spiro atoms. The fourth-order valence-electron chi connectivity index (χ4n) is 3.91. The Morgan fingerprint density at radius 2 is 2.08 bits per heavy atom. The van der Waals surface area contributed by atoms with Crippen LogP contribution in [0.1, 0.15) is 30.5 Å². The fraction of sp³-hybridized carbons (Fsp3) is 0.500. The molecule has 2 aliphatic rings. The van der Waals surface area contributed by atoms with Gasteiger partial charge in [0.25, 0.3) is 0 Å². The molecule has 5 nitrogen and oxygen atoms in total. The maximum absolute atomic E-state index is 12.7. The summed E-state index contributed by atoms with van der Waals surface area (Å²) < 4.78 is 5.51. The van der Waals surface area contributed by atoms with Crippen molar-refractivity contribution in [2.24, 2.45) is 5.92 Å². The van der Waals surface area contributed by atoms with Crippen LogP contribution in [0.5, 0.6) is 0 Å². The van der Waals surface area contributed by atoms with Crippen LogP contribution in [0, 0.1) is 5.92 Å². The Labute approximate surface area is 148 Å². The van der Waals surface area contributed by atoms with Gasteiger partial charge in [0.2, 0.25) is 5.91 Å². The summed E-state index contributed by atoms with van der Waals surface area (Å²) in [7, 11) is 0. The van der Waals surface area contributed by atoms with Crippen molar-refractivity contribution in [3.63, 3.8) is 0 Å². The third-order valence-corrected chi connectivity index (χ3v) is 5.33. The van der Waals surface area contributed by atoms with Crippen LogP contribution >= 0.6 is 0 Å². The van der Waals surface area contributed by atoms with E-state index in [0.29, 0.717) is 12.3 Å². The van der Waals surface area contributed by atoms with Crippen molar-refractivity contribution in [2.45, 2.75) is 32.1 Å². The van der Waals surface area contributed by atoms with Gasteiger partial charge in [-0.25, -0.2) is 0 Å². The van der Waals surface area contributed by atoms with E-state index in [9.17, 15) is 4.79 Å². The first-order chi connectivity index (χ1) is 12.3. The van der Waals surface area contributed by atoms with E-state index in [0.717, 1.165) is 63.2 Å². The minimum absolute atomic E-state index is 0.273. The number of nitrogens with zero attached hydrogens (tertiary/aromatic N) is 2. The van der Waals surface area contributed by atoms with E-state index in [1.165, 1.54) is 11.3 Å². The molecule has 1 saturated heterocycles. The lowest BCUT2D eigenvalue weighted by Gasteiger charge is -2.26. The monoisotopic (exact) mass is 339 g/mol. The first-order valence-corrected chi connectivity index (χ1v) is 9.28. The van der Waals surface area contributed by atoms with Gasteiger partial charge in [-0.05, 0) is 25.2 Å². The third-order valence-electron chi connectivity index (χ3n) is 5.33. The summed E-state index contributed by atoms with van der Waals surface area (Å²) in [6, 6.07) is 10.3. The topological polar surface area (TPSA) is 58.2 Å². The van der Waals surface area contributed by atoms with Gasteiger partial charge in [-0.15, -0.1) is 0 Å². The van der Waals surface area contributed by atoms with Gasteiger partial charge >= 0.3 is 0 Å². The highest BCUT2D eigenvalue weighted by Crippen LogP contribution is 2.27. The minimum atomic E-state index is 0.273. The van der Waals surface area contributed by atoms with Crippen LogP contribution in [0.15, 0.2) is 30.3 Å². The van der Waals surface area contributed by atoms with Gasteiger partial charge in [-0.3, -0.25) is 9.89 Å². The van der Waals surface area contributed by atoms with Crippen LogP contribution in [0.25, 0.3) is 11.3 Å². The molecule has 5 heteroatoms. The number of ether oxygens (including phenoxy) is 1. The molecule has 0 aliphatic carbocycles. The molecule has 132 valence electrons. The van der Waals surface area contributed by atoms with Gasteiger partial charge in [0, 0.05) is 56.0 Å². The van der Waals surface area contributed by atoms with Crippen molar-refractivity contribution < 1.29 is 9.53 Å². The van der Waals surface area contributed by atoms with Crippen LogP contribution in [-0.2, 0) is 22.4 Å². The van der Waals surface area contributed by atoms with Crippen LogP contribution < -0.4 is 0 Å². The van der Waals surface area contributed by atoms with E-state index in [1.54, 1.807) is 0 Å². The largest absolute Gasteiger partial charge is 0.381 e. The van der Waals surface area contributed by atoms with Gasteiger partial charge in [-0.2, -0.15) is 5.10 Å². The fourth-order valence-corrected chi connectivity index (χ4v) is 3.91. The quantitative estimate of drug-likeness (QED) is 0.935. The number of aromatic nitrogens is 2. The summed E-state index contributed by atoms with van der Waals surface area (Å²) in [5.74, 6) is 0.666. The Morgan fingerprint density at radius 1 is 1.24 bits per heavy atom. The normalized spacial score (nSPS) is 20.8. The first kappa shape index (κ1) is 16.3. The SMILES string of the molecule is O=C(CC1CCCOC1)N1CCc2[nH]nc(-c3ccccc3)c2CC1. The summed E-state index contributed by atoms with van der Waals surface area (Å²) in [6.45, 7) is 3.13. The van der Waals surface area contributed by atoms with Gasteiger partial charge in [-0.1, -0.05) is 30.3 Å². The summed E-state index contributed by atoms with van der Waals surface area (Å²) >= 11 is 0. The number of fused-ring (bicyclic) bond motifs is 1. The van der Waals surface area contributed by atoms with E-state index in [2.05, 4.69) is 22.3 Å². The van der Waals surface area contributed by atoms with E-state index < -0.39 is 0 Å². The number of carbonyl (C=O) groups excluding carboxylic acids is 1. The zero-order valence-electron chi connectivity index (χ0n) is 14.5. The lowest BCUT2D eigenvalue weighted by Crippen LogP contribution is -2.35. The Hall–Kier alpha value is -2.14. The second-order valence-corrected chi connectivity index (χ2v) is 7.06. The molecule has 0 saturated carbocycles. The van der Waals surface area contributed by atoms with Crippen molar-refractivity contribution in [2.75, 3.05) is 26.3 Å². The zero-order chi connectivity index (χ0) is 17.1. The molecular formula is C20H25N3O2. The predicted molar refractivity (Wildman–Crippen MR) is 96.2 cm³/mol. The molecule has 1 fully saturated rings. The Balaban J connectivity index is 1.43. The first-order valence-electron chi connectivity index (χ1n) is 9.28. The summed E-state index contributed by atoms with van der Waals surface area (Å²) in [6.07, 6.45) is 4.53. The van der Waals surface area contributed by atoms with Crippen LogP contribution in [-0.4, -0.2) is 47.3 Å². The summed E-state index contributed by atoms with van der Waals surface area (Å²) in [5.41, 5.74) is 4.61. The summed E-state index contributed by atoms with van der Waals surface area (Å²) in [5, 5.41) is 7.73. The molecule has 2 aromatic rings. The molecule has 1 atom stereocenters. The Kier molecular flexibility index (Phi) is 4.83. The number of rotatable bonds is 3. The Bertz CT molecular complexity index is 720. The molecule has 0 bridgehead atoms. The number of hydrogen-bond acceptors (Lipinski definition) is 3. The molecule has 1 aromatic carbocycles. The van der Waals surface area contributed by atoms with Crippen molar-refractivity contribution in [3.05, 3.63) is 41.6 Å². The molecule has 4 rings (SSSR count). The zero-order valence-corrected chi connectivity index (χ0v) is 14.5. The molecule has 0 radical (unpaired) electrons. The van der Waals surface area contributed by atoms with Gasteiger partial charge < -0.3 is 9.64 Å². The highest BCUT2D eigenvalue weighted by molar-refractivity contribution is 5.76. The van der Waals surface area contributed by atoms with Gasteiger partial charge in [0.05, 0.1) is 5.69 Å². The molecule has 3 heterocycles. The van der Waals surface area contributed by atoms with Gasteiger partial charge in [0.15, 0.2) is 0 Å². The van der Waals surface area contributed by atoms with Crippen molar-refractivity contribution in [1.29, 1.82) is 0 Å². The second kappa shape index (κ2) is 7.40. The summed E-state index contributed by atoms with van der Waals surface area (Å²) in [4.78, 5) is 14.7. The molecule has 2 aliphatic heterocycles. The van der Waals surface area contributed by atoms with Crippen molar-refractivity contribution >= 4 is 5.91 Å². The lowest BCUT2D eigenvalue weighted by atomic mass is 9.98. The van der Waals surface area contributed by atoms with E-state index in [-0.39, 0.29) is 5.91 Å². The lowest BCUT2D eigenvalue weighted by molar-refractivity contribution is -0.133. The van der Waals surface area contributed by atoms with Crippen LogP contribution in [0.2, 0.25) is 0 Å². The third kappa shape index (κ3) is 3.61. The number of hydrogen-bond donors (Lipinski definition) is 1. The standard InChI is InChI=1S/C20H25N3O2/c24-19(13-15-5-4-12-25-14-15)23-10-8-17-18(9-11-23)21-22-20(17)16-6-2-1-3-7-16/h1-3,6-7,15H,4-5,8-14H2,(H,21,22). The molecule has 1 amide bonds. The molecular weight excluding hydrogens is 314 g/mol. The van der Waals surface area contributed by atoms with E-state index in [1.807, 2.05) is 23.1 Å². The van der Waals surface area contributed by atoms with Gasteiger partial charge in [0.1, 0.15) is 0 Å². The molecule has 25 heavy (non-hydrogen) atoms. The van der Waals surface area contributed by atoms with Crippen molar-refractivity contribution in [3.8, 4) is 11.3 Å². The maximum Gasteiger partial charge on any atom is 0.222 e. The number of nitrogens with one attached hydrogen (secondary N) is 1. The predicted octanol–water partition coefficient (Wildman–Crippen LogP) is 2.82. The smallest absolute Gasteiger partial charge is 0.222 e. The number of benzene rings is 1. The van der Waals surface area contributed by atoms with E-state index in [4.69, 9.17) is 4.74 Å². The molecule has 1 aromatic heterocycles. The number of carbonyl (C=O) groups is 1. The minimum Gasteiger partial charge on any atom is -0.381 e. The average molecular weight is 339 g/mol. The molecule has 1 N–H and O–H groups in total. The highest BCUT2D eigenvalue weighted by Gasteiger charge is 2.25. The number of aromatic amines is 1. The van der Waals surface area contributed by atoms with Crippen LogP contribution in [0.3, 0.4) is 0 Å². The highest BCUT2D eigenvalue weighted by atomic mass is 16.5.